The number of Topliss-reactive ketones (excluding diaryl/α,β-unsaturated/α-hetero) is 2. The van der Waals surface area contributed by atoms with Gasteiger partial charge < -0.3 is 0 Å². The van der Waals surface area contributed by atoms with Crippen LogP contribution in [-0.2, 0) is 6.54 Å². The maximum Gasteiger partial charge on any atom is 0.227 e. The van der Waals surface area contributed by atoms with Crippen molar-refractivity contribution in [3.8, 4) is 0 Å². The summed E-state index contributed by atoms with van der Waals surface area (Å²) in [7, 11) is 0. The Morgan fingerprint density at radius 2 is 0.712 bits per heavy atom. The largest absolute Gasteiger partial charge is 0.292 e. The van der Waals surface area contributed by atoms with Crippen molar-refractivity contribution in [1.29, 1.82) is 0 Å². The number of benzene rings is 5. The highest BCUT2D eigenvalue weighted by Crippen LogP contribution is 2.31. The summed E-state index contributed by atoms with van der Waals surface area (Å²) in [6.45, 7) is 2.45. The number of rotatable bonds is 18. The highest BCUT2D eigenvalue weighted by molar-refractivity contribution is 7.20. The Bertz CT molecular complexity index is 2690. The second kappa shape index (κ2) is 23.8. The van der Waals surface area contributed by atoms with E-state index in [0.717, 1.165) is 12.8 Å². The van der Waals surface area contributed by atoms with Crippen LogP contribution >= 0.6 is 0 Å². The van der Waals surface area contributed by atoms with Crippen LogP contribution in [0.25, 0.3) is 0 Å². The van der Waals surface area contributed by atoms with Crippen molar-refractivity contribution in [3.63, 3.8) is 0 Å². The van der Waals surface area contributed by atoms with E-state index in [4.69, 9.17) is 0 Å². The molecule has 6 rings (SSSR count). The molecule has 0 aliphatic carbocycles. The Morgan fingerprint density at radius 3 is 1.04 bits per heavy atom. The van der Waals surface area contributed by atoms with E-state index in [2.05, 4.69) is 11.9 Å². The molecule has 0 fully saturated rings. The first kappa shape index (κ1) is 57.1. The van der Waals surface area contributed by atoms with Gasteiger partial charge in [0.05, 0.1) is 6.20 Å². The van der Waals surface area contributed by atoms with Crippen LogP contribution in [0.3, 0.4) is 0 Å². The van der Waals surface area contributed by atoms with Crippen LogP contribution in [0.4, 0.5) is 87.8 Å². The van der Waals surface area contributed by atoms with E-state index in [0.29, 0.717) is 17.7 Å². The van der Waals surface area contributed by atoms with Crippen LogP contribution < -0.4 is 26.4 Å². The molecule has 0 aliphatic rings. The molecule has 4 nitrogen and oxygen atoms in total. The lowest BCUT2D eigenvalue weighted by atomic mass is 9.12. The van der Waals surface area contributed by atoms with E-state index >= 15 is 35.1 Å². The summed E-state index contributed by atoms with van der Waals surface area (Å²) < 4.78 is 296. The van der Waals surface area contributed by atoms with Gasteiger partial charge in [-0.15, -0.1) is 21.9 Å². The smallest absolute Gasteiger partial charge is 0.227 e. The highest BCUT2D eigenvalue weighted by Gasteiger charge is 2.52. The SMILES string of the molecule is CCCCCCCCCCCC(=O)c1c[n+](CC(=O)c2ccccc2)ccn1.Fc1c(F)c(F)c([B-](c2c(F)c(F)c(F)c(F)c2F)(c2c(F)c(F)c(F)c(F)c2F)c2c(F)c(F)c(F)c(F)c2F)c(F)c1F. The molecule has 0 amide bonds. The van der Waals surface area contributed by atoms with E-state index in [-0.39, 0.29) is 18.1 Å². The van der Waals surface area contributed by atoms with Gasteiger partial charge in [-0.25, -0.2) is 92.8 Å². The van der Waals surface area contributed by atoms with Crippen molar-refractivity contribution in [3.05, 3.63) is 177 Å². The van der Waals surface area contributed by atoms with Crippen LogP contribution in [0.1, 0.15) is 92.0 Å². The third kappa shape index (κ3) is 10.9. The van der Waals surface area contributed by atoms with E-state index < -0.39 is 144 Å². The van der Waals surface area contributed by atoms with Crippen LogP contribution in [0.5, 0.6) is 0 Å². The van der Waals surface area contributed by atoms with Crippen LogP contribution in [0.15, 0.2) is 48.9 Å². The molecule has 0 bridgehead atoms. The molecule has 0 spiro atoms. The standard InChI is InChI=1S/C24BF20.C24H33N2O2/c26-5-1(6(27)14(35)21(42)13(5)34)25(2-7(28)15(36)22(43)16(37)8(2)29,3-9(30)17(38)23(44)18(39)10(3)31)4-11(32)19(40)24(45)20(41)12(4)33;1-2-3-4-5-6-7-8-9-13-16-23(27)22-19-26(18-17-25-22)20-24(28)21-14-11-10-12-15-21/h;10-12,14-15,17-19H,2-9,13,16,20H2,1H3/q-1;+1. The van der Waals surface area contributed by atoms with Gasteiger partial charge in [0.25, 0.3) is 0 Å². The van der Waals surface area contributed by atoms with Gasteiger partial charge in [0.1, 0.15) is 52.7 Å². The molecule has 0 unspecified atom stereocenters. The minimum absolute atomic E-state index is 0.0223. The summed E-state index contributed by atoms with van der Waals surface area (Å²) in [5.41, 5.74) is -13.2. The minimum Gasteiger partial charge on any atom is -0.292 e. The van der Waals surface area contributed by atoms with Gasteiger partial charge in [-0.1, -0.05) is 88.6 Å². The monoisotopic (exact) mass is 1060 g/mol. The molecule has 25 heteroatoms. The molecule has 0 saturated heterocycles. The molecule has 0 saturated carbocycles. The number of hydrogen-bond donors (Lipinski definition) is 0. The number of nitrogens with zero attached hydrogens (tertiary/aromatic N) is 2. The number of halogens is 20. The fourth-order valence-corrected chi connectivity index (χ4v) is 8.15. The van der Waals surface area contributed by atoms with E-state index in [1.165, 1.54) is 44.9 Å². The lowest BCUT2D eigenvalue weighted by Gasteiger charge is -2.44. The molecule has 0 aliphatic heterocycles. The third-order valence-corrected chi connectivity index (χ3v) is 11.7. The molecule has 1 heterocycles. The molecule has 0 N–H and O–H groups in total. The first-order valence-electron chi connectivity index (χ1n) is 21.6. The molecule has 390 valence electrons. The fraction of sp³-hybridized carbons (Fsp3) is 0.250. The first-order valence-corrected chi connectivity index (χ1v) is 21.6. The third-order valence-electron chi connectivity index (χ3n) is 11.7. The number of ketones is 2. The van der Waals surface area contributed by atoms with E-state index in [1.54, 1.807) is 35.3 Å². The molecule has 73 heavy (non-hydrogen) atoms. The zero-order valence-electron chi connectivity index (χ0n) is 37.2. The van der Waals surface area contributed by atoms with Gasteiger partial charge in [0.2, 0.25) is 12.3 Å². The molecular formula is C48H33BF20N2O2. The normalized spacial score (nSPS) is 11.5. The second-order valence-electron chi connectivity index (χ2n) is 16.2. The number of carbonyl (C=O) groups is 2. The highest BCUT2D eigenvalue weighted by atomic mass is 19.2. The van der Waals surface area contributed by atoms with Crippen molar-refractivity contribution in [2.45, 2.75) is 77.7 Å². The Labute approximate surface area is 400 Å². The zero-order chi connectivity index (χ0) is 54.4. The summed E-state index contributed by atoms with van der Waals surface area (Å²) in [4.78, 5) is 28.9. The molecule has 0 atom stereocenters. The predicted molar refractivity (Wildman–Crippen MR) is 221 cm³/mol. The second-order valence-corrected chi connectivity index (χ2v) is 16.2. The van der Waals surface area contributed by atoms with E-state index in [9.17, 15) is 62.3 Å². The van der Waals surface area contributed by atoms with Crippen LogP contribution in [0.2, 0.25) is 0 Å². The quantitative estimate of drug-likeness (QED) is 0.0164. The molecule has 0 radical (unpaired) electrons. The van der Waals surface area contributed by atoms with E-state index in [1.807, 2.05) is 18.2 Å². The van der Waals surface area contributed by atoms with Gasteiger partial charge >= 0.3 is 0 Å². The van der Waals surface area contributed by atoms with Crippen LogP contribution in [0, 0.1) is 116 Å². The summed E-state index contributed by atoms with van der Waals surface area (Å²) in [6.07, 6.45) is 9.43. The van der Waals surface area contributed by atoms with Crippen molar-refractivity contribution < 1.29 is 102 Å². The summed E-state index contributed by atoms with van der Waals surface area (Å²) in [5.74, 6) is -71.3. The maximum atomic E-state index is 15.4. The Hall–Kier alpha value is -6.82. The number of aromatic nitrogens is 2. The van der Waals surface area contributed by atoms with Crippen molar-refractivity contribution in [1.82, 2.24) is 4.98 Å². The van der Waals surface area contributed by atoms with Gasteiger partial charge in [0, 0.05) is 12.0 Å². The Balaban J connectivity index is 0.000000303. The molecule has 1 aromatic heterocycles. The summed E-state index contributed by atoms with van der Waals surface area (Å²) in [6, 6.07) is 9.20. The Kier molecular flexibility index (Phi) is 18.6. The average molecular weight is 1060 g/mol. The van der Waals surface area contributed by atoms with Crippen LogP contribution in [-0.4, -0.2) is 22.7 Å². The summed E-state index contributed by atoms with van der Waals surface area (Å²) in [5, 5.41) is 0. The van der Waals surface area contributed by atoms with Crippen molar-refractivity contribution in [2.24, 2.45) is 0 Å². The number of carbonyl (C=O) groups excluding carboxylic acids is 2. The Morgan fingerprint density at radius 1 is 0.411 bits per heavy atom. The average Bonchev–Trinajstić information content (AvgIpc) is 3.38. The first-order chi connectivity index (χ1) is 34.4. The predicted octanol–water partition coefficient (Wildman–Crippen LogP) is 11.2. The van der Waals surface area contributed by atoms with Gasteiger partial charge in [-0.3, -0.25) is 9.59 Å². The van der Waals surface area contributed by atoms with Gasteiger partial charge in [-0.05, 0) is 6.42 Å². The zero-order valence-corrected chi connectivity index (χ0v) is 37.2. The van der Waals surface area contributed by atoms with Crippen molar-refractivity contribution in [2.75, 3.05) is 0 Å². The minimum atomic E-state index is -7.22. The van der Waals surface area contributed by atoms with Crippen molar-refractivity contribution >= 4 is 39.6 Å². The number of unbranched alkanes of at least 4 members (excludes halogenated alkanes) is 8. The molecule has 6 aromatic rings. The lowest BCUT2D eigenvalue weighted by Crippen LogP contribution is -2.81. The summed E-state index contributed by atoms with van der Waals surface area (Å²) >= 11 is 0. The lowest BCUT2D eigenvalue weighted by molar-refractivity contribution is -0.683. The molecule has 5 aromatic carbocycles. The van der Waals surface area contributed by atoms with Gasteiger partial charge in [-0.2, -0.15) is 4.57 Å². The fourth-order valence-electron chi connectivity index (χ4n) is 8.15. The maximum absolute atomic E-state index is 15.4. The van der Waals surface area contributed by atoms with Gasteiger partial charge in [0.15, 0.2) is 93.7 Å². The number of hydrogen-bond acceptors (Lipinski definition) is 3. The molecular weight excluding hydrogens is 1030 g/mol. The topological polar surface area (TPSA) is 50.9 Å².